The molecule has 0 aromatic carbocycles. The van der Waals surface area contributed by atoms with Gasteiger partial charge in [0.1, 0.15) is 5.83 Å². The highest BCUT2D eigenvalue weighted by molar-refractivity contribution is 4.97. The summed E-state index contributed by atoms with van der Waals surface area (Å²) in [4.78, 5) is 0. The van der Waals surface area contributed by atoms with Crippen LogP contribution in [0.4, 0.5) is 4.39 Å². The Morgan fingerprint density at radius 1 is 1.88 bits per heavy atom. The monoisotopic (exact) mass is 117 g/mol. The van der Waals surface area contributed by atoms with Crippen LogP contribution < -0.4 is 5.73 Å². The molecule has 0 rings (SSSR count). The highest BCUT2D eigenvalue weighted by Gasteiger charge is 1.97. The Hall–Kier alpha value is -0.370. The van der Waals surface area contributed by atoms with E-state index in [1.807, 2.05) is 6.92 Å². The zero-order chi connectivity index (χ0) is 6.57. The van der Waals surface area contributed by atoms with Crippen molar-refractivity contribution < 1.29 is 4.39 Å². The molecule has 0 aliphatic carbocycles. The van der Waals surface area contributed by atoms with Gasteiger partial charge in [0.05, 0.1) is 6.04 Å². The van der Waals surface area contributed by atoms with Crippen LogP contribution in [0, 0.1) is 0 Å². The second kappa shape index (κ2) is 3.61. The molecule has 48 valence electrons. The summed E-state index contributed by atoms with van der Waals surface area (Å²) in [7, 11) is 0. The van der Waals surface area contributed by atoms with E-state index in [-0.39, 0.29) is 5.83 Å². The van der Waals surface area contributed by atoms with Crippen molar-refractivity contribution in [3.05, 3.63) is 11.9 Å². The number of hydrogen-bond donors (Lipinski definition) is 1. The Balaban J connectivity index is 3.61. The molecule has 0 saturated heterocycles. The number of halogens is 1. The summed E-state index contributed by atoms with van der Waals surface area (Å²) in [5.74, 6) is -0.215. The van der Waals surface area contributed by atoms with Crippen molar-refractivity contribution in [3.63, 3.8) is 0 Å². The maximum atomic E-state index is 12.3. The highest BCUT2D eigenvalue weighted by Crippen LogP contribution is 2.00. The lowest BCUT2D eigenvalue weighted by Gasteiger charge is -1.97. The topological polar surface area (TPSA) is 26.0 Å². The van der Waals surface area contributed by atoms with Crippen LogP contribution in [0.5, 0.6) is 0 Å². The lowest BCUT2D eigenvalue weighted by Crippen LogP contribution is -2.14. The van der Waals surface area contributed by atoms with Crippen LogP contribution in [0.25, 0.3) is 0 Å². The molecule has 0 aromatic rings. The Kier molecular flexibility index (Phi) is 3.44. The molecule has 1 unspecified atom stereocenters. The van der Waals surface area contributed by atoms with Crippen molar-refractivity contribution >= 4 is 0 Å². The van der Waals surface area contributed by atoms with Crippen molar-refractivity contribution in [1.29, 1.82) is 0 Å². The highest BCUT2D eigenvalue weighted by atomic mass is 19.1. The van der Waals surface area contributed by atoms with Crippen molar-refractivity contribution in [2.45, 2.75) is 26.3 Å². The molecule has 2 heteroatoms. The van der Waals surface area contributed by atoms with E-state index in [2.05, 4.69) is 0 Å². The molecule has 0 aromatic heterocycles. The van der Waals surface area contributed by atoms with E-state index in [0.29, 0.717) is 6.42 Å². The molecule has 0 heterocycles. The number of rotatable bonds is 2. The smallest absolute Gasteiger partial charge is 0.112 e. The van der Waals surface area contributed by atoms with Gasteiger partial charge in [0.25, 0.3) is 0 Å². The third kappa shape index (κ3) is 2.75. The van der Waals surface area contributed by atoms with Crippen LogP contribution in [0.3, 0.4) is 0 Å². The minimum atomic E-state index is -0.435. The van der Waals surface area contributed by atoms with Gasteiger partial charge < -0.3 is 5.73 Å². The van der Waals surface area contributed by atoms with Crippen molar-refractivity contribution in [2.24, 2.45) is 5.73 Å². The summed E-state index contributed by atoms with van der Waals surface area (Å²) in [5.41, 5.74) is 5.18. The van der Waals surface area contributed by atoms with Crippen LogP contribution in [-0.2, 0) is 0 Å². The molecule has 0 bridgehead atoms. The van der Waals surface area contributed by atoms with Gasteiger partial charge in [-0.25, -0.2) is 4.39 Å². The second-order valence-electron chi connectivity index (χ2n) is 1.79. The van der Waals surface area contributed by atoms with Crippen LogP contribution in [0.1, 0.15) is 20.3 Å². The van der Waals surface area contributed by atoms with Crippen LogP contribution in [0.15, 0.2) is 11.9 Å². The first-order chi connectivity index (χ1) is 3.68. The molecule has 0 fully saturated rings. The Labute approximate surface area is 49.4 Å². The normalized spacial score (nSPS) is 16.2. The van der Waals surface area contributed by atoms with Crippen molar-refractivity contribution in [2.75, 3.05) is 0 Å². The van der Waals surface area contributed by atoms with Gasteiger partial charge in [-0.1, -0.05) is 13.0 Å². The Morgan fingerprint density at radius 2 is 2.38 bits per heavy atom. The third-order valence-corrected chi connectivity index (χ3v) is 0.834. The fourth-order valence-corrected chi connectivity index (χ4v) is 0.381. The van der Waals surface area contributed by atoms with Crippen LogP contribution in [-0.4, -0.2) is 6.04 Å². The predicted molar refractivity (Wildman–Crippen MR) is 33.1 cm³/mol. The van der Waals surface area contributed by atoms with E-state index in [9.17, 15) is 4.39 Å². The molecule has 1 nitrogen and oxygen atoms in total. The number of nitrogens with two attached hydrogens (primary N) is 1. The molecule has 2 N–H and O–H groups in total. The largest absolute Gasteiger partial charge is 0.322 e. The van der Waals surface area contributed by atoms with Crippen molar-refractivity contribution in [1.82, 2.24) is 0 Å². The Morgan fingerprint density at radius 3 is 2.50 bits per heavy atom. The quantitative estimate of drug-likeness (QED) is 0.584. The summed E-state index contributed by atoms with van der Waals surface area (Å²) in [6.45, 7) is 3.50. The lowest BCUT2D eigenvalue weighted by atomic mass is 10.3. The average molecular weight is 117 g/mol. The molecule has 0 amide bonds. The predicted octanol–water partition coefficient (Wildman–Crippen LogP) is 1.60. The van der Waals surface area contributed by atoms with E-state index < -0.39 is 6.04 Å². The summed E-state index contributed by atoms with van der Waals surface area (Å²) >= 11 is 0. The van der Waals surface area contributed by atoms with Gasteiger partial charge in [0.2, 0.25) is 0 Å². The van der Waals surface area contributed by atoms with E-state index in [4.69, 9.17) is 5.73 Å². The minimum absolute atomic E-state index is 0.215. The van der Waals surface area contributed by atoms with Gasteiger partial charge in [0, 0.05) is 0 Å². The molecular formula is C6H12FN. The number of hydrogen-bond acceptors (Lipinski definition) is 1. The van der Waals surface area contributed by atoms with E-state index in [0.717, 1.165) is 0 Å². The lowest BCUT2D eigenvalue weighted by molar-refractivity contribution is 0.556. The molecule has 8 heavy (non-hydrogen) atoms. The zero-order valence-electron chi connectivity index (χ0n) is 5.32. The molecule has 0 aliphatic heterocycles. The fourth-order valence-electron chi connectivity index (χ4n) is 0.381. The fraction of sp³-hybridized carbons (Fsp3) is 0.667. The van der Waals surface area contributed by atoms with Gasteiger partial charge in [-0.3, -0.25) is 0 Å². The SMILES string of the molecule is CC/C=C(/F)C(C)N. The maximum absolute atomic E-state index is 12.3. The van der Waals surface area contributed by atoms with Crippen LogP contribution in [0.2, 0.25) is 0 Å². The first-order valence-electron chi connectivity index (χ1n) is 2.79. The molecule has 0 aliphatic rings. The zero-order valence-corrected chi connectivity index (χ0v) is 5.32. The average Bonchev–Trinajstić information content (AvgIpc) is 1.67. The van der Waals surface area contributed by atoms with Gasteiger partial charge >= 0.3 is 0 Å². The first kappa shape index (κ1) is 7.63. The summed E-state index contributed by atoms with van der Waals surface area (Å²) in [5, 5.41) is 0. The molecule has 0 spiro atoms. The van der Waals surface area contributed by atoms with Gasteiger partial charge in [0.15, 0.2) is 0 Å². The summed E-state index contributed by atoms with van der Waals surface area (Å²) in [6, 6.07) is -0.435. The Bertz CT molecular complexity index is 86.5. The molecular weight excluding hydrogens is 105 g/mol. The maximum Gasteiger partial charge on any atom is 0.112 e. The van der Waals surface area contributed by atoms with Gasteiger partial charge in [-0.05, 0) is 13.3 Å². The standard InChI is InChI=1S/C6H12FN/c1-3-4-6(7)5(2)8/h4-5H,3,8H2,1-2H3/b6-4+. The van der Waals surface area contributed by atoms with E-state index in [1.54, 1.807) is 6.92 Å². The number of allylic oxidation sites excluding steroid dienone is 1. The van der Waals surface area contributed by atoms with E-state index in [1.165, 1.54) is 6.08 Å². The summed E-state index contributed by atoms with van der Waals surface area (Å²) < 4.78 is 12.3. The van der Waals surface area contributed by atoms with Crippen LogP contribution >= 0.6 is 0 Å². The first-order valence-corrected chi connectivity index (χ1v) is 2.79. The minimum Gasteiger partial charge on any atom is -0.322 e. The van der Waals surface area contributed by atoms with Gasteiger partial charge in [-0.15, -0.1) is 0 Å². The molecule has 0 saturated carbocycles. The van der Waals surface area contributed by atoms with Gasteiger partial charge in [-0.2, -0.15) is 0 Å². The second-order valence-corrected chi connectivity index (χ2v) is 1.79. The summed E-state index contributed by atoms with van der Waals surface area (Å²) in [6.07, 6.45) is 2.21. The van der Waals surface area contributed by atoms with E-state index >= 15 is 0 Å². The molecule has 0 radical (unpaired) electrons. The van der Waals surface area contributed by atoms with Crippen molar-refractivity contribution in [3.8, 4) is 0 Å². The third-order valence-electron chi connectivity index (χ3n) is 0.834. The molecule has 1 atom stereocenters.